The Morgan fingerprint density at radius 1 is 1.10 bits per heavy atom. The molecule has 0 spiro atoms. The van der Waals surface area contributed by atoms with Crippen molar-refractivity contribution in [2.24, 2.45) is 7.05 Å². The highest BCUT2D eigenvalue weighted by molar-refractivity contribution is 5.08. The number of hydrogen-bond acceptors (Lipinski definition) is 4. The van der Waals surface area contributed by atoms with Crippen LogP contribution in [0.3, 0.4) is 0 Å². The Balaban J connectivity index is 1.35. The molecule has 21 heavy (non-hydrogen) atoms. The van der Waals surface area contributed by atoms with Crippen LogP contribution >= 0.6 is 0 Å². The minimum absolute atomic E-state index is 0.702. The molecule has 0 bridgehead atoms. The number of aryl methyl sites for hydroxylation is 1. The van der Waals surface area contributed by atoms with Gasteiger partial charge in [-0.25, -0.2) is 0 Å². The van der Waals surface area contributed by atoms with Crippen molar-refractivity contribution in [3.63, 3.8) is 0 Å². The number of piperidine rings is 1. The number of ether oxygens (including phenoxy) is 1. The average Bonchev–Trinajstić information content (AvgIpc) is 2.95. The molecule has 5 nitrogen and oxygen atoms in total. The second-order valence-corrected chi connectivity index (χ2v) is 6.30. The van der Waals surface area contributed by atoms with Crippen LogP contribution in [0.2, 0.25) is 0 Å². The Labute approximate surface area is 127 Å². The second-order valence-electron chi connectivity index (χ2n) is 6.30. The van der Waals surface area contributed by atoms with Gasteiger partial charge in [0.25, 0.3) is 0 Å². The van der Waals surface area contributed by atoms with Gasteiger partial charge in [0.1, 0.15) is 0 Å². The first-order valence-electron chi connectivity index (χ1n) is 8.33. The third kappa shape index (κ3) is 4.05. The first-order chi connectivity index (χ1) is 10.3. The van der Waals surface area contributed by atoms with Crippen LogP contribution in [0.5, 0.6) is 0 Å². The summed E-state index contributed by atoms with van der Waals surface area (Å²) in [5.41, 5.74) is 1.41. The average molecular weight is 292 g/mol. The molecule has 0 unspecified atom stereocenters. The lowest BCUT2D eigenvalue weighted by atomic mass is 9.93. The van der Waals surface area contributed by atoms with Crippen molar-refractivity contribution in [3.8, 4) is 0 Å². The first kappa shape index (κ1) is 15.0. The van der Waals surface area contributed by atoms with Crippen molar-refractivity contribution >= 4 is 0 Å². The maximum Gasteiger partial charge on any atom is 0.0594 e. The summed E-state index contributed by atoms with van der Waals surface area (Å²) in [6, 6.07) is 2.18. The van der Waals surface area contributed by atoms with Gasteiger partial charge in [-0.1, -0.05) is 0 Å². The van der Waals surface area contributed by atoms with E-state index in [2.05, 4.69) is 28.0 Å². The lowest BCUT2D eigenvalue weighted by Crippen LogP contribution is -2.39. The van der Waals surface area contributed by atoms with Crippen molar-refractivity contribution in [2.45, 2.75) is 25.2 Å². The molecule has 2 aliphatic rings. The van der Waals surface area contributed by atoms with Gasteiger partial charge in [-0.2, -0.15) is 5.10 Å². The molecular weight excluding hydrogens is 264 g/mol. The summed E-state index contributed by atoms with van der Waals surface area (Å²) in [5.74, 6) is 0.702. The van der Waals surface area contributed by atoms with E-state index in [-0.39, 0.29) is 0 Å². The Morgan fingerprint density at radius 2 is 1.76 bits per heavy atom. The maximum atomic E-state index is 5.39. The molecule has 1 aromatic rings. The van der Waals surface area contributed by atoms with Gasteiger partial charge in [-0.15, -0.1) is 0 Å². The molecule has 0 N–H and O–H groups in total. The summed E-state index contributed by atoms with van der Waals surface area (Å²) >= 11 is 0. The standard InChI is InChI=1S/C16H28N4O/c1-18-16(3-6-17-18)15-4-9-19(10-5-15)7-2-8-20-11-13-21-14-12-20/h3,6,15H,2,4-5,7-14H2,1H3. The quantitative estimate of drug-likeness (QED) is 0.820. The Morgan fingerprint density at radius 3 is 2.38 bits per heavy atom. The van der Waals surface area contributed by atoms with Crippen LogP contribution in [0.15, 0.2) is 12.3 Å². The van der Waals surface area contributed by atoms with Gasteiger partial charge < -0.3 is 9.64 Å². The largest absolute Gasteiger partial charge is 0.379 e. The molecule has 2 aliphatic heterocycles. The van der Waals surface area contributed by atoms with Crippen LogP contribution in [-0.4, -0.2) is 72.1 Å². The van der Waals surface area contributed by atoms with Gasteiger partial charge in [-0.3, -0.25) is 9.58 Å². The summed E-state index contributed by atoms with van der Waals surface area (Å²) in [6.45, 7) is 9.00. The predicted molar refractivity (Wildman–Crippen MR) is 83.5 cm³/mol. The van der Waals surface area contributed by atoms with Crippen LogP contribution in [-0.2, 0) is 11.8 Å². The highest BCUT2D eigenvalue weighted by Crippen LogP contribution is 2.27. The lowest BCUT2D eigenvalue weighted by Gasteiger charge is -2.33. The molecule has 0 aliphatic carbocycles. The summed E-state index contributed by atoms with van der Waals surface area (Å²) in [4.78, 5) is 5.17. The van der Waals surface area contributed by atoms with Gasteiger partial charge in [0.2, 0.25) is 0 Å². The summed E-state index contributed by atoms with van der Waals surface area (Å²) in [7, 11) is 2.06. The molecule has 0 radical (unpaired) electrons. The Kier molecular flexibility index (Phi) is 5.27. The van der Waals surface area contributed by atoms with Gasteiger partial charge in [0.05, 0.1) is 13.2 Å². The summed E-state index contributed by atoms with van der Waals surface area (Å²) < 4.78 is 7.43. The summed E-state index contributed by atoms with van der Waals surface area (Å²) in [5, 5.41) is 4.30. The fourth-order valence-corrected chi connectivity index (χ4v) is 3.58. The van der Waals surface area contributed by atoms with Crippen molar-refractivity contribution in [3.05, 3.63) is 18.0 Å². The molecule has 2 fully saturated rings. The van der Waals surface area contributed by atoms with E-state index in [0.717, 1.165) is 26.3 Å². The maximum absolute atomic E-state index is 5.39. The molecule has 0 amide bonds. The van der Waals surface area contributed by atoms with Crippen LogP contribution in [0.25, 0.3) is 0 Å². The monoisotopic (exact) mass is 292 g/mol. The fraction of sp³-hybridized carbons (Fsp3) is 0.812. The van der Waals surface area contributed by atoms with E-state index in [4.69, 9.17) is 4.74 Å². The van der Waals surface area contributed by atoms with E-state index in [1.165, 1.54) is 51.1 Å². The van der Waals surface area contributed by atoms with Crippen molar-refractivity contribution in [1.82, 2.24) is 19.6 Å². The number of rotatable bonds is 5. The van der Waals surface area contributed by atoms with Crippen LogP contribution in [0.4, 0.5) is 0 Å². The second kappa shape index (κ2) is 7.38. The van der Waals surface area contributed by atoms with E-state index < -0.39 is 0 Å². The Hall–Kier alpha value is -0.910. The van der Waals surface area contributed by atoms with Gasteiger partial charge in [-0.05, 0) is 51.5 Å². The van der Waals surface area contributed by atoms with Crippen LogP contribution in [0.1, 0.15) is 30.9 Å². The van der Waals surface area contributed by atoms with E-state index in [0.29, 0.717) is 5.92 Å². The fourth-order valence-electron chi connectivity index (χ4n) is 3.58. The van der Waals surface area contributed by atoms with E-state index in [1.807, 2.05) is 10.9 Å². The molecule has 0 aromatic carbocycles. The number of hydrogen-bond donors (Lipinski definition) is 0. The number of morpholine rings is 1. The first-order valence-corrected chi connectivity index (χ1v) is 8.33. The smallest absolute Gasteiger partial charge is 0.0594 e. The lowest BCUT2D eigenvalue weighted by molar-refractivity contribution is 0.0357. The normalized spacial score (nSPS) is 22.7. The SMILES string of the molecule is Cn1nccc1C1CCN(CCCN2CCOCC2)CC1. The van der Waals surface area contributed by atoms with E-state index >= 15 is 0 Å². The van der Waals surface area contributed by atoms with E-state index in [1.54, 1.807) is 0 Å². The van der Waals surface area contributed by atoms with Gasteiger partial charge >= 0.3 is 0 Å². The number of nitrogens with zero attached hydrogens (tertiary/aromatic N) is 4. The summed E-state index contributed by atoms with van der Waals surface area (Å²) in [6.07, 6.45) is 5.76. The molecule has 2 saturated heterocycles. The molecule has 0 atom stereocenters. The molecule has 5 heteroatoms. The molecular formula is C16H28N4O. The van der Waals surface area contributed by atoms with Crippen molar-refractivity contribution < 1.29 is 4.74 Å². The number of likely N-dealkylation sites (tertiary alicyclic amines) is 1. The zero-order valence-corrected chi connectivity index (χ0v) is 13.2. The zero-order valence-electron chi connectivity index (χ0n) is 13.2. The third-order valence-electron chi connectivity index (χ3n) is 4.92. The molecule has 118 valence electrons. The predicted octanol–water partition coefficient (Wildman–Crippen LogP) is 1.32. The molecule has 0 saturated carbocycles. The zero-order chi connectivity index (χ0) is 14.5. The van der Waals surface area contributed by atoms with Crippen LogP contribution < -0.4 is 0 Å². The van der Waals surface area contributed by atoms with Crippen molar-refractivity contribution in [2.75, 3.05) is 52.5 Å². The van der Waals surface area contributed by atoms with Crippen LogP contribution in [0, 0.1) is 0 Å². The van der Waals surface area contributed by atoms with Gasteiger partial charge in [0, 0.05) is 37.9 Å². The minimum atomic E-state index is 0.702. The molecule has 1 aromatic heterocycles. The molecule has 3 rings (SSSR count). The topological polar surface area (TPSA) is 33.5 Å². The highest BCUT2D eigenvalue weighted by atomic mass is 16.5. The molecule has 3 heterocycles. The number of aromatic nitrogens is 2. The van der Waals surface area contributed by atoms with Crippen molar-refractivity contribution in [1.29, 1.82) is 0 Å². The third-order valence-corrected chi connectivity index (χ3v) is 4.92. The van der Waals surface area contributed by atoms with E-state index in [9.17, 15) is 0 Å². The van der Waals surface area contributed by atoms with Gasteiger partial charge in [0.15, 0.2) is 0 Å². The Bertz CT molecular complexity index is 420. The highest BCUT2D eigenvalue weighted by Gasteiger charge is 2.22. The minimum Gasteiger partial charge on any atom is -0.379 e.